The van der Waals surface area contributed by atoms with Crippen LogP contribution in [0.5, 0.6) is 5.75 Å². The van der Waals surface area contributed by atoms with E-state index in [9.17, 15) is 0 Å². The van der Waals surface area contributed by atoms with Gasteiger partial charge in [-0.1, -0.05) is 19.1 Å². The van der Waals surface area contributed by atoms with Gasteiger partial charge in [0.15, 0.2) is 0 Å². The zero-order chi connectivity index (χ0) is 11.8. The number of hydrogen-bond acceptors (Lipinski definition) is 3. The van der Waals surface area contributed by atoms with E-state index in [0.717, 1.165) is 31.9 Å². The van der Waals surface area contributed by atoms with E-state index in [0.29, 0.717) is 5.92 Å². The molecule has 0 radical (unpaired) electrons. The van der Waals surface area contributed by atoms with Crippen molar-refractivity contribution in [2.75, 3.05) is 26.8 Å². The number of ether oxygens (including phenoxy) is 2. The van der Waals surface area contributed by atoms with Gasteiger partial charge in [-0.2, -0.15) is 0 Å². The molecule has 2 atom stereocenters. The molecule has 3 nitrogen and oxygen atoms in total. The molecule has 1 aromatic carbocycles. The summed E-state index contributed by atoms with van der Waals surface area (Å²) in [6, 6.07) is 4.48. The van der Waals surface area contributed by atoms with Crippen LogP contribution in [0.1, 0.15) is 35.6 Å². The Bertz CT molecular complexity index is 430. The first kappa shape index (κ1) is 11.1. The molecule has 0 saturated heterocycles. The van der Waals surface area contributed by atoms with Crippen LogP contribution >= 0.6 is 0 Å². The topological polar surface area (TPSA) is 30.5 Å². The molecule has 3 rings (SSSR count). The van der Waals surface area contributed by atoms with Crippen LogP contribution in [0.15, 0.2) is 12.1 Å². The van der Waals surface area contributed by atoms with Crippen LogP contribution in [0, 0.1) is 0 Å². The standard InChI is InChI=1S/C14H19NO2/c1-9-8-17-14-11(9)4-3-10-5-6-16-12(7-15-2)13(10)14/h3-4,9,12,15H,5-8H2,1-2H3/t9?,12-/m0/s1. The van der Waals surface area contributed by atoms with Crippen LogP contribution in [-0.2, 0) is 11.2 Å². The third kappa shape index (κ3) is 1.74. The van der Waals surface area contributed by atoms with Crippen LogP contribution in [0.25, 0.3) is 0 Å². The SMILES string of the molecule is CNC[C@@H]1OCCc2ccc3c(c21)OCC3C. The van der Waals surface area contributed by atoms with Crippen molar-refractivity contribution in [3.63, 3.8) is 0 Å². The smallest absolute Gasteiger partial charge is 0.129 e. The lowest BCUT2D eigenvalue weighted by atomic mass is 9.91. The minimum absolute atomic E-state index is 0.143. The number of fused-ring (bicyclic) bond motifs is 3. The molecule has 0 aromatic heterocycles. The van der Waals surface area contributed by atoms with Crippen molar-refractivity contribution in [3.8, 4) is 5.75 Å². The first-order chi connectivity index (χ1) is 8.31. The van der Waals surface area contributed by atoms with Crippen molar-refractivity contribution in [2.24, 2.45) is 0 Å². The van der Waals surface area contributed by atoms with Gasteiger partial charge in [0.25, 0.3) is 0 Å². The lowest BCUT2D eigenvalue weighted by molar-refractivity contribution is 0.0418. The van der Waals surface area contributed by atoms with Gasteiger partial charge >= 0.3 is 0 Å². The summed E-state index contributed by atoms with van der Waals surface area (Å²) in [5.41, 5.74) is 4.02. The van der Waals surface area contributed by atoms with Crippen LogP contribution in [0.4, 0.5) is 0 Å². The fourth-order valence-corrected chi connectivity index (χ4v) is 2.82. The van der Waals surface area contributed by atoms with Gasteiger partial charge in [0.05, 0.1) is 19.3 Å². The summed E-state index contributed by atoms with van der Waals surface area (Å²) in [6.07, 6.45) is 1.14. The highest BCUT2D eigenvalue weighted by molar-refractivity contribution is 5.52. The predicted octanol–water partition coefficient (Wildman–Crippen LogP) is 2.02. The lowest BCUT2D eigenvalue weighted by Gasteiger charge is -2.27. The Kier molecular flexibility index (Phi) is 2.81. The fourth-order valence-electron chi connectivity index (χ4n) is 2.82. The molecule has 1 N–H and O–H groups in total. The van der Waals surface area contributed by atoms with Gasteiger partial charge in [-0.25, -0.2) is 0 Å². The van der Waals surface area contributed by atoms with Gasteiger partial charge < -0.3 is 14.8 Å². The van der Waals surface area contributed by atoms with Gasteiger partial charge in [0.2, 0.25) is 0 Å². The molecule has 0 amide bonds. The van der Waals surface area contributed by atoms with Gasteiger partial charge in [-0.05, 0) is 19.0 Å². The van der Waals surface area contributed by atoms with Gasteiger partial charge in [-0.15, -0.1) is 0 Å². The Labute approximate surface area is 102 Å². The molecule has 2 heterocycles. The second-order valence-corrected chi connectivity index (χ2v) is 4.94. The molecular formula is C14H19NO2. The summed E-state index contributed by atoms with van der Waals surface area (Å²) in [5.74, 6) is 1.60. The van der Waals surface area contributed by atoms with Gasteiger partial charge in [0.1, 0.15) is 5.75 Å². The van der Waals surface area contributed by atoms with Gasteiger partial charge in [-0.3, -0.25) is 0 Å². The van der Waals surface area contributed by atoms with Crippen molar-refractivity contribution in [1.82, 2.24) is 5.32 Å². The van der Waals surface area contributed by atoms with Crippen molar-refractivity contribution in [2.45, 2.75) is 25.4 Å². The lowest BCUT2D eigenvalue weighted by Crippen LogP contribution is -2.25. The maximum absolute atomic E-state index is 5.88. The van der Waals surface area contributed by atoms with Gasteiger partial charge in [0, 0.05) is 23.6 Å². The number of rotatable bonds is 2. The minimum atomic E-state index is 0.143. The van der Waals surface area contributed by atoms with E-state index in [1.54, 1.807) is 0 Å². The normalized spacial score (nSPS) is 26.2. The molecule has 2 aliphatic rings. The summed E-state index contributed by atoms with van der Waals surface area (Å²) in [7, 11) is 1.96. The van der Waals surface area contributed by atoms with E-state index in [1.165, 1.54) is 16.7 Å². The zero-order valence-electron chi connectivity index (χ0n) is 10.5. The minimum Gasteiger partial charge on any atom is -0.492 e. The monoisotopic (exact) mass is 233 g/mol. The predicted molar refractivity (Wildman–Crippen MR) is 66.7 cm³/mol. The molecular weight excluding hydrogens is 214 g/mol. The first-order valence-electron chi connectivity index (χ1n) is 6.36. The summed E-state index contributed by atoms with van der Waals surface area (Å²) in [5, 5.41) is 3.20. The van der Waals surface area contributed by atoms with Crippen molar-refractivity contribution < 1.29 is 9.47 Å². The Balaban J connectivity index is 2.07. The molecule has 0 spiro atoms. The molecule has 0 fully saturated rings. The summed E-state index contributed by atoms with van der Waals surface area (Å²) in [6.45, 7) is 4.68. The van der Waals surface area contributed by atoms with Crippen molar-refractivity contribution in [3.05, 3.63) is 28.8 Å². The Morgan fingerprint density at radius 3 is 3.12 bits per heavy atom. The van der Waals surface area contributed by atoms with E-state index in [1.807, 2.05) is 7.05 Å². The number of benzene rings is 1. The average Bonchev–Trinajstić information content (AvgIpc) is 2.72. The van der Waals surface area contributed by atoms with Crippen LogP contribution in [-0.4, -0.2) is 26.8 Å². The Morgan fingerprint density at radius 2 is 2.29 bits per heavy atom. The zero-order valence-corrected chi connectivity index (χ0v) is 10.5. The second-order valence-electron chi connectivity index (χ2n) is 4.94. The van der Waals surface area contributed by atoms with E-state index in [4.69, 9.17) is 9.47 Å². The molecule has 0 aliphatic carbocycles. The van der Waals surface area contributed by atoms with Crippen molar-refractivity contribution in [1.29, 1.82) is 0 Å². The number of likely N-dealkylation sites (N-methyl/N-ethyl adjacent to an activating group) is 1. The highest BCUT2D eigenvalue weighted by Gasteiger charge is 2.31. The Hall–Kier alpha value is -1.06. The van der Waals surface area contributed by atoms with Crippen LogP contribution < -0.4 is 10.1 Å². The number of hydrogen-bond donors (Lipinski definition) is 1. The molecule has 1 aromatic rings. The third-order valence-electron chi connectivity index (χ3n) is 3.73. The summed E-state index contributed by atoms with van der Waals surface area (Å²) >= 11 is 0. The molecule has 0 saturated carbocycles. The molecule has 17 heavy (non-hydrogen) atoms. The molecule has 3 heteroatoms. The van der Waals surface area contributed by atoms with Crippen LogP contribution in [0.2, 0.25) is 0 Å². The second kappa shape index (κ2) is 4.31. The first-order valence-corrected chi connectivity index (χ1v) is 6.36. The average molecular weight is 233 g/mol. The maximum Gasteiger partial charge on any atom is 0.129 e. The summed E-state index contributed by atoms with van der Waals surface area (Å²) in [4.78, 5) is 0. The molecule has 92 valence electrons. The van der Waals surface area contributed by atoms with E-state index in [2.05, 4.69) is 24.4 Å². The van der Waals surface area contributed by atoms with E-state index in [-0.39, 0.29) is 6.10 Å². The quantitative estimate of drug-likeness (QED) is 0.847. The van der Waals surface area contributed by atoms with Crippen molar-refractivity contribution >= 4 is 0 Å². The van der Waals surface area contributed by atoms with E-state index < -0.39 is 0 Å². The molecule has 2 aliphatic heterocycles. The third-order valence-corrected chi connectivity index (χ3v) is 3.73. The van der Waals surface area contributed by atoms with Crippen LogP contribution in [0.3, 0.4) is 0 Å². The maximum atomic E-state index is 5.88. The highest BCUT2D eigenvalue weighted by Crippen LogP contribution is 2.43. The summed E-state index contributed by atoms with van der Waals surface area (Å²) < 4.78 is 11.7. The van der Waals surface area contributed by atoms with E-state index >= 15 is 0 Å². The Morgan fingerprint density at radius 1 is 1.41 bits per heavy atom. The number of nitrogens with one attached hydrogen (secondary N) is 1. The fraction of sp³-hybridized carbons (Fsp3) is 0.571. The molecule has 0 bridgehead atoms. The molecule has 1 unspecified atom stereocenters. The highest BCUT2D eigenvalue weighted by atomic mass is 16.5. The largest absolute Gasteiger partial charge is 0.492 e.